The first kappa shape index (κ1) is 13.3. The first-order chi connectivity index (χ1) is 8.17. The third-order valence-electron chi connectivity index (χ3n) is 2.30. The molecule has 0 aliphatic carbocycles. The minimum atomic E-state index is -0.704. The van der Waals surface area contributed by atoms with Gasteiger partial charge in [-0.25, -0.2) is 9.59 Å². The SMILES string of the molecule is C=CC(CO)OC(=O)NCCN1CCNC1=O. The van der Waals surface area contributed by atoms with Gasteiger partial charge in [-0.1, -0.05) is 6.58 Å². The van der Waals surface area contributed by atoms with Crippen LogP contribution in [0.1, 0.15) is 0 Å². The normalized spacial score (nSPS) is 16.3. The topological polar surface area (TPSA) is 90.9 Å². The van der Waals surface area contributed by atoms with Gasteiger partial charge in [0, 0.05) is 26.2 Å². The zero-order valence-electron chi connectivity index (χ0n) is 9.52. The standard InChI is InChI=1S/C10H17N3O4/c1-2-8(7-14)17-10(16)12-4-6-13-5-3-11-9(13)15/h2,8,14H,1,3-7H2,(H,11,15)(H,12,16). The summed E-state index contributed by atoms with van der Waals surface area (Å²) in [5, 5.41) is 13.9. The summed E-state index contributed by atoms with van der Waals surface area (Å²) >= 11 is 0. The van der Waals surface area contributed by atoms with Crippen molar-refractivity contribution >= 4 is 12.1 Å². The Morgan fingerprint density at radius 3 is 3.06 bits per heavy atom. The molecular formula is C10H17N3O4. The van der Waals surface area contributed by atoms with Crippen LogP contribution in [0.2, 0.25) is 0 Å². The van der Waals surface area contributed by atoms with E-state index in [4.69, 9.17) is 9.84 Å². The van der Waals surface area contributed by atoms with E-state index < -0.39 is 12.2 Å². The summed E-state index contributed by atoms with van der Waals surface area (Å²) in [6.07, 6.45) is 0.00155. The van der Waals surface area contributed by atoms with Crippen molar-refractivity contribution in [3.8, 4) is 0 Å². The summed E-state index contributed by atoms with van der Waals surface area (Å²) in [4.78, 5) is 24.0. The number of hydrogen-bond donors (Lipinski definition) is 3. The van der Waals surface area contributed by atoms with E-state index in [1.54, 1.807) is 4.90 Å². The molecule has 1 saturated heterocycles. The molecule has 17 heavy (non-hydrogen) atoms. The second kappa shape index (κ2) is 6.74. The van der Waals surface area contributed by atoms with Gasteiger partial charge in [-0.15, -0.1) is 0 Å². The molecule has 0 saturated carbocycles. The molecule has 3 N–H and O–H groups in total. The Morgan fingerprint density at radius 2 is 2.53 bits per heavy atom. The number of ether oxygens (including phenoxy) is 1. The molecule has 0 radical (unpaired) electrons. The second-order valence-corrected chi connectivity index (χ2v) is 3.51. The van der Waals surface area contributed by atoms with E-state index in [1.807, 2.05) is 0 Å². The first-order valence-electron chi connectivity index (χ1n) is 5.38. The zero-order chi connectivity index (χ0) is 12.7. The van der Waals surface area contributed by atoms with E-state index in [9.17, 15) is 9.59 Å². The van der Waals surface area contributed by atoms with E-state index in [-0.39, 0.29) is 12.6 Å². The van der Waals surface area contributed by atoms with E-state index in [2.05, 4.69) is 17.2 Å². The highest BCUT2D eigenvalue weighted by molar-refractivity contribution is 5.76. The van der Waals surface area contributed by atoms with Crippen LogP contribution in [0.4, 0.5) is 9.59 Å². The van der Waals surface area contributed by atoms with Crippen LogP contribution < -0.4 is 10.6 Å². The van der Waals surface area contributed by atoms with Crippen LogP contribution in [-0.2, 0) is 4.74 Å². The maximum atomic E-state index is 11.2. The molecular weight excluding hydrogens is 226 g/mol. The maximum absolute atomic E-state index is 11.2. The van der Waals surface area contributed by atoms with Crippen LogP contribution in [0.15, 0.2) is 12.7 Å². The predicted octanol–water partition coefficient (Wildman–Crippen LogP) is -0.715. The monoisotopic (exact) mass is 243 g/mol. The van der Waals surface area contributed by atoms with Gasteiger partial charge in [-0.05, 0) is 6.08 Å². The smallest absolute Gasteiger partial charge is 0.407 e. The highest BCUT2D eigenvalue weighted by Crippen LogP contribution is 1.95. The number of amides is 3. The Labute approximate surface area is 99.4 Å². The quantitative estimate of drug-likeness (QED) is 0.537. The van der Waals surface area contributed by atoms with Gasteiger partial charge in [0.05, 0.1) is 6.61 Å². The third-order valence-corrected chi connectivity index (χ3v) is 2.30. The van der Waals surface area contributed by atoms with Gasteiger partial charge in [0.25, 0.3) is 0 Å². The number of carbonyl (C=O) groups excluding carboxylic acids is 2. The average molecular weight is 243 g/mol. The molecule has 1 rings (SSSR count). The van der Waals surface area contributed by atoms with Gasteiger partial charge in [0.15, 0.2) is 0 Å². The van der Waals surface area contributed by atoms with Gasteiger partial charge in [0.1, 0.15) is 6.10 Å². The first-order valence-corrected chi connectivity index (χ1v) is 5.38. The summed E-state index contributed by atoms with van der Waals surface area (Å²) in [5.41, 5.74) is 0. The largest absolute Gasteiger partial charge is 0.440 e. The lowest BCUT2D eigenvalue weighted by Gasteiger charge is -2.15. The summed E-state index contributed by atoms with van der Waals surface area (Å²) in [6, 6.07) is -0.125. The molecule has 0 bridgehead atoms. The number of nitrogens with one attached hydrogen (secondary N) is 2. The molecule has 1 atom stereocenters. The van der Waals surface area contributed by atoms with Crippen molar-refractivity contribution in [2.75, 3.05) is 32.8 Å². The van der Waals surface area contributed by atoms with Crippen LogP contribution in [0, 0.1) is 0 Å². The fourth-order valence-electron chi connectivity index (χ4n) is 1.36. The van der Waals surface area contributed by atoms with Crippen molar-refractivity contribution in [2.45, 2.75) is 6.10 Å². The number of alkyl carbamates (subject to hydrolysis) is 1. The van der Waals surface area contributed by atoms with Gasteiger partial charge in [0.2, 0.25) is 0 Å². The minimum absolute atomic E-state index is 0.125. The number of aliphatic hydroxyl groups is 1. The Morgan fingerprint density at radius 1 is 1.76 bits per heavy atom. The molecule has 7 nitrogen and oxygen atoms in total. The summed E-state index contributed by atoms with van der Waals surface area (Å²) in [6.45, 7) is 5.12. The Hall–Kier alpha value is -1.76. The number of urea groups is 1. The Kier molecular flexibility index (Phi) is 5.28. The minimum Gasteiger partial charge on any atom is -0.440 e. The summed E-state index contributed by atoms with van der Waals surface area (Å²) in [5.74, 6) is 0. The lowest BCUT2D eigenvalue weighted by molar-refractivity contribution is 0.0826. The van der Waals surface area contributed by atoms with Crippen molar-refractivity contribution in [3.05, 3.63) is 12.7 Å². The molecule has 0 aromatic rings. The Balaban J connectivity index is 2.15. The van der Waals surface area contributed by atoms with E-state index in [1.165, 1.54) is 6.08 Å². The van der Waals surface area contributed by atoms with E-state index >= 15 is 0 Å². The molecule has 1 heterocycles. The van der Waals surface area contributed by atoms with Crippen LogP contribution in [0.5, 0.6) is 0 Å². The molecule has 0 aromatic carbocycles. The molecule has 96 valence electrons. The molecule has 3 amide bonds. The number of hydrogen-bond acceptors (Lipinski definition) is 4. The third kappa shape index (κ3) is 4.31. The predicted molar refractivity (Wildman–Crippen MR) is 60.5 cm³/mol. The van der Waals surface area contributed by atoms with Crippen molar-refractivity contribution in [3.63, 3.8) is 0 Å². The van der Waals surface area contributed by atoms with Crippen LogP contribution in [0.3, 0.4) is 0 Å². The van der Waals surface area contributed by atoms with Crippen LogP contribution >= 0.6 is 0 Å². The molecule has 0 spiro atoms. The number of nitrogens with zero attached hydrogens (tertiary/aromatic N) is 1. The number of aliphatic hydroxyl groups excluding tert-OH is 1. The Bertz CT molecular complexity index is 295. The lowest BCUT2D eigenvalue weighted by atomic mass is 10.4. The van der Waals surface area contributed by atoms with Crippen molar-refractivity contribution in [1.29, 1.82) is 0 Å². The van der Waals surface area contributed by atoms with Gasteiger partial charge >= 0.3 is 12.1 Å². The van der Waals surface area contributed by atoms with Crippen LogP contribution in [-0.4, -0.2) is 61.0 Å². The van der Waals surface area contributed by atoms with Gasteiger partial charge in [-0.3, -0.25) is 0 Å². The lowest BCUT2D eigenvalue weighted by Crippen LogP contribution is -2.38. The highest BCUT2D eigenvalue weighted by atomic mass is 16.6. The van der Waals surface area contributed by atoms with E-state index in [0.717, 1.165) is 0 Å². The maximum Gasteiger partial charge on any atom is 0.407 e. The molecule has 1 fully saturated rings. The fraction of sp³-hybridized carbons (Fsp3) is 0.600. The highest BCUT2D eigenvalue weighted by Gasteiger charge is 2.18. The molecule has 7 heteroatoms. The van der Waals surface area contributed by atoms with Gasteiger partial charge in [-0.2, -0.15) is 0 Å². The molecule has 0 aromatic heterocycles. The summed E-state index contributed by atoms with van der Waals surface area (Å²) in [7, 11) is 0. The molecule has 1 aliphatic heterocycles. The zero-order valence-corrected chi connectivity index (χ0v) is 9.52. The second-order valence-electron chi connectivity index (χ2n) is 3.51. The average Bonchev–Trinajstić information content (AvgIpc) is 2.72. The number of rotatable bonds is 6. The summed E-state index contributed by atoms with van der Waals surface area (Å²) < 4.78 is 4.80. The van der Waals surface area contributed by atoms with Crippen molar-refractivity contribution in [2.24, 2.45) is 0 Å². The molecule has 1 unspecified atom stereocenters. The van der Waals surface area contributed by atoms with Crippen molar-refractivity contribution in [1.82, 2.24) is 15.5 Å². The van der Waals surface area contributed by atoms with Crippen molar-refractivity contribution < 1.29 is 19.4 Å². The van der Waals surface area contributed by atoms with E-state index in [0.29, 0.717) is 26.2 Å². The van der Waals surface area contributed by atoms with Crippen LogP contribution in [0.25, 0.3) is 0 Å². The fourth-order valence-corrected chi connectivity index (χ4v) is 1.36. The molecule has 1 aliphatic rings. The number of carbonyl (C=O) groups is 2. The van der Waals surface area contributed by atoms with Gasteiger partial charge < -0.3 is 25.4 Å².